The monoisotopic (exact) mass is 372 g/mol. The summed E-state index contributed by atoms with van der Waals surface area (Å²) >= 11 is 0. The number of nitrogens with zero attached hydrogens (tertiary/aromatic N) is 1. The van der Waals surface area contributed by atoms with Gasteiger partial charge in [0.15, 0.2) is 0 Å². The number of unbranched alkanes of at least 4 members (excludes halogenated alkanes) is 1. The van der Waals surface area contributed by atoms with Crippen molar-refractivity contribution in [1.29, 1.82) is 0 Å². The van der Waals surface area contributed by atoms with Gasteiger partial charge in [-0.15, -0.1) is 0 Å². The molecule has 1 N–H and O–H groups in total. The van der Waals surface area contributed by atoms with Gasteiger partial charge < -0.3 is 14.8 Å². The Hall–Kier alpha value is -2.14. The molecular formula is C22H32N2O3. The van der Waals surface area contributed by atoms with Gasteiger partial charge in [-0.05, 0) is 50.5 Å². The Bertz CT molecular complexity index is 737. The van der Waals surface area contributed by atoms with E-state index in [1.54, 1.807) is 6.20 Å². The van der Waals surface area contributed by atoms with Gasteiger partial charge in [0.25, 0.3) is 5.91 Å². The van der Waals surface area contributed by atoms with Gasteiger partial charge in [0.1, 0.15) is 16.9 Å². The number of aromatic nitrogens is 1. The van der Waals surface area contributed by atoms with E-state index in [-0.39, 0.29) is 5.91 Å². The molecule has 5 heteroatoms. The van der Waals surface area contributed by atoms with Gasteiger partial charge in [0.2, 0.25) is 0 Å². The third-order valence-electron chi connectivity index (χ3n) is 4.56. The first-order valence-corrected chi connectivity index (χ1v) is 10.0. The third kappa shape index (κ3) is 5.42. The number of anilines is 1. The number of ether oxygens (including phenoxy) is 2. The third-order valence-corrected chi connectivity index (χ3v) is 4.56. The van der Waals surface area contributed by atoms with Gasteiger partial charge in [-0.25, -0.2) is 0 Å². The minimum atomic E-state index is -0.835. The summed E-state index contributed by atoms with van der Waals surface area (Å²) < 4.78 is 11.8. The second kappa shape index (κ2) is 10.3. The lowest BCUT2D eigenvalue weighted by Gasteiger charge is -2.29. The molecule has 0 unspecified atom stereocenters. The van der Waals surface area contributed by atoms with E-state index in [1.165, 1.54) is 0 Å². The number of carbonyl (C=O) groups excluding carboxylic acids is 1. The standard InChI is InChI=1S/C22H32N2O3/c1-5-8-13-22(4,27-16-7-3)21(25)24-18-11-12-19(26-15-6-2)20-17(18)10-9-14-23-20/h9-12,14H,5-8,13,15-16H2,1-4H3,(H,24,25)/t22-/m1/s1. The lowest BCUT2D eigenvalue weighted by Crippen LogP contribution is -2.43. The van der Waals surface area contributed by atoms with Gasteiger partial charge in [0, 0.05) is 18.2 Å². The van der Waals surface area contributed by atoms with Crippen molar-refractivity contribution in [3.05, 3.63) is 30.5 Å². The predicted molar refractivity (Wildman–Crippen MR) is 110 cm³/mol. The molecule has 0 saturated carbocycles. The minimum absolute atomic E-state index is 0.114. The smallest absolute Gasteiger partial charge is 0.256 e. The molecule has 2 aromatic rings. The summed E-state index contributed by atoms with van der Waals surface area (Å²) in [7, 11) is 0. The first-order valence-electron chi connectivity index (χ1n) is 10.0. The zero-order chi connectivity index (χ0) is 19.7. The lowest BCUT2D eigenvalue weighted by atomic mass is 9.97. The molecule has 0 spiro atoms. The van der Waals surface area contributed by atoms with Crippen molar-refractivity contribution in [2.24, 2.45) is 0 Å². The Labute approximate surface area is 162 Å². The quantitative estimate of drug-likeness (QED) is 0.578. The van der Waals surface area contributed by atoms with E-state index < -0.39 is 5.60 Å². The van der Waals surface area contributed by atoms with E-state index in [0.717, 1.165) is 48.0 Å². The van der Waals surface area contributed by atoms with Crippen LogP contribution < -0.4 is 10.1 Å². The van der Waals surface area contributed by atoms with Crippen LogP contribution >= 0.6 is 0 Å². The number of hydrogen-bond donors (Lipinski definition) is 1. The van der Waals surface area contributed by atoms with Crippen molar-refractivity contribution in [2.45, 2.75) is 65.4 Å². The van der Waals surface area contributed by atoms with Crippen molar-refractivity contribution in [1.82, 2.24) is 4.98 Å². The molecule has 0 saturated heterocycles. The molecule has 1 atom stereocenters. The fraction of sp³-hybridized carbons (Fsp3) is 0.545. The summed E-state index contributed by atoms with van der Waals surface area (Å²) in [6, 6.07) is 7.57. The van der Waals surface area contributed by atoms with Gasteiger partial charge in [-0.2, -0.15) is 0 Å². The number of carbonyl (C=O) groups is 1. The topological polar surface area (TPSA) is 60.5 Å². The normalized spacial score (nSPS) is 13.3. The fourth-order valence-electron chi connectivity index (χ4n) is 2.93. The molecular weight excluding hydrogens is 340 g/mol. The van der Waals surface area contributed by atoms with Gasteiger partial charge in [-0.1, -0.05) is 33.6 Å². The Kier molecular flexibility index (Phi) is 8.04. The summed E-state index contributed by atoms with van der Waals surface area (Å²) in [5.41, 5.74) is 0.654. The second-order valence-electron chi connectivity index (χ2n) is 7.00. The molecule has 0 radical (unpaired) electrons. The molecule has 27 heavy (non-hydrogen) atoms. The summed E-state index contributed by atoms with van der Waals surface area (Å²) in [5.74, 6) is 0.623. The van der Waals surface area contributed by atoms with Crippen LogP contribution in [0, 0.1) is 0 Å². The maximum absolute atomic E-state index is 13.1. The van der Waals surface area contributed by atoms with Crippen LogP contribution in [0.25, 0.3) is 10.9 Å². The van der Waals surface area contributed by atoms with Crippen LogP contribution in [0.1, 0.15) is 59.8 Å². The number of nitrogens with one attached hydrogen (secondary N) is 1. The van der Waals surface area contributed by atoms with Gasteiger partial charge >= 0.3 is 0 Å². The Morgan fingerprint density at radius 2 is 1.89 bits per heavy atom. The summed E-state index contributed by atoms with van der Waals surface area (Å²) in [5, 5.41) is 3.94. The van der Waals surface area contributed by atoms with Crippen molar-refractivity contribution < 1.29 is 14.3 Å². The van der Waals surface area contributed by atoms with E-state index in [2.05, 4.69) is 24.1 Å². The van der Waals surface area contributed by atoms with E-state index in [4.69, 9.17) is 9.47 Å². The molecule has 148 valence electrons. The van der Waals surface area contributed by atoms with Crippen LogP contribution in [0.5, 0.6) is 5.75 Å². The Balaban J connectivity index is 2.29. The second-order valence-corrected chi connectivity index (χ2v) is 7.00. The number of rotatable bonds is 11. The highest BCUT2D eigenvalue weighted by molar-refractivity contribution is 6.05. The highest BCUT2D eigenvalue weighted by Gasteiger charge is 2.33. The van der Waals surface area contributed by atoms with Crippen molar-refractivity contribution in [3.63, 3.8) is 0 Å². The predicted octanol–water partition coefficient (Wildman–Crippen LogP) is 5.34. The largest absolute Gasteiger partial charge is 0.491 e. The average molecular weight is 373 g/mol. The molecule has 1 amide bonds. The Morgan fingerprint density at radius 3 is 2.59 bits per heavy atom. The fourth-order valence-corrected chi connectivity index (χ4v) is 2.93. The van der Waals surface area contributed by atoms with Gasteiger partial charge in [-0.3, -0.25) is 9.78 Å². The molecule has 0 bridgehead atoms. The Morgan fingerprint density at radius 1 is 1.11 bits per heavy atom. The summed E-state index contributed by atoms with van der Waals surface area (Å²) in [6.07, 6.45) is 6.21. The zero-order valence-corrected chi connectivity index (χ0v) is 17.0. The number of fused-ring (bicyclic) bond motifs is 1. The summed E-state index contributed by atoms with van der Waals surface area (Å²) in [4.78, 5) is 17.5. The van der Waals surface area contributed by atoms with Crippen molar-refractivity contribution in [3.8, 4) is 5.75 Å². The van der Waals surface area contributed by atoms with Crippen LogP contribution in [0.2, 0.25) is 0 Å². The molecule has 0 aliphatic heterocycles. The SMILES string of the molecule is CCCC[C@@](C)(OCCC)C(=O)Nc1ccc(OCCC)c2ncccc12. The van der Waals surface area contributed by atoms with Gasteiger partial charge in [0.05, 0.1) is 12.3 Å². The first kappa shape index (κ1) is 21.2. The number of amides is 1. The van der Waals surface area contributed by atoms with E-state index in [0.29, 0.717) is 19.6 Å². The highest BCUT2D eigenvalue weighted by atomic mass is 16.5. The molecule has 0 aliphatic rings. The maximum Gasteiger partial charge on any atom is 0.256 e. The molecule has 1 heterocycles. The van der Waals surface area contributed by atoms with Crippen LogP contribution in [0.15, 0.2) is 30.5 Å². The van der Waals surface area contributed by atoms with E-state index >= 15 is 0 Å². The number of hydrogen-bond acceptors (Lipinski definition) is 4. The minimum Gasteiger partial charge on any atom is -0.491 e. The summed E-state index contributed by atoms with van der Waals surface area (Å²) in [6.45, 7) is 9.32. The van der Waals surface area contributed by atoms with Crippen LogP contribution in [-0.4, -0.2) is 29.7 Å². The molecule has 2 rings (SSSR count). The van der Waals surface area contributed by atoms with Crippen LogP contribution in [-0.2, 0) is 9.53 Å². The lowest BCUT2D eigenvalue weighted by molar-refractivity contribution is -0.140. The average Bonchev–Trinajstić information content (AvgIpc) is 2.70. The van der Waals surface area contributed by atoms with E-state index in [9.17, 15) is 4.79 Å². The highest BCUT2D eigenvalue weighted by Crippen LogP contribution is 2.31. The zero-order valence-electron chi connectivity index (χ0n) is 17.0. The maximum atomic E-state index is 13.1. The molecule has 0 fully saturated rings. The van der Waals surface area contributed by atoms with E-state index in [1.807, 2.05) is 38.1 Å². The van der Waals surface area contributed by atoms with Crippen LogP contribution in [0.4, 0.5) is 5.69 Å². The number of pyridine rings is 1. The number of benzene rings is 1. The molecule has 5 nitrogen and oxygen atoms in total. The molecule has 1 aromatic carbocycles. The van der Waals surface area contributed by atoms with Crippen molar-refractivity contribution in [2.75, 3.05) is 18.5 Å². The van der Waals surface area contributed by atoms with Crippen molar-refractivity contribution >= 4 is 22.5 Å². The molecule has 0 aliphatic carbocycles. The van der Waals surface area contributed by atoms with Crippen LogP contribution in [0.3, 0.4) is 0 Å². The first-order chi connectivity index (χ1) is 13.1. The molecule has 1 aromatic heterocycles.